The Morgan fingerprint density at radius 2 is 2.00 bits per heavy atom. The number of thioether (sulfide) groups is 1. The van der Waals surface area contributed by atoms with Gasteiger partial charge in [-0.1, -0.05) is 19.9 Å². The molecule has 0 fully saturated rings. The van der Waals surface area contributed by atoms with Gasteiger partial charge >= 0.3 is 0 Å². The summed E-state index contributed by atoms with van der Waals surface area (Å²) in [6.45, 7) is 12.9. The molecular weight excluding hydrogens is 282 g/mol. The molecule has 0 saturated heterocycles. The molecule has 0 spiro atoms. The van der Waals surface area contributed by atoms with Crippen molar-refractivity contribution in [2.24, 2.45) is 10.4 Å². The fraction of sp³-hybridized carbons (Fsp3) is 0.812. The maximum Gasteiger partial charge on any atom is 0.191 e. The molecule has 0 aliphatic heterocycles. The Labute approximate surface area is 134 Å². The lowest BCUT2D eigenvalue weighted by atomic mass is 9.79. The maximum absolute atomic E-state index is 9.27. The number of aliphatic hydroxyl groups is 1. The topological polar surface area (TPSA) is 56.7 Å². The smallest absolute Gasteiger partial charge is 0.191 e. The largest absolute Gasteiger partial charge is 0.396 e. The zero-order valence-electron chi connectivity index (χ0n) is 14.0. The van der Waals surface area contributed by atoms with Gasteiger partial charge in [0, 0.05) is 37.7 Å². The number of hydrogen-bond acceptors (Lipinski definition) is 3. The highest BCUT2D eigenvalue weighted by molar-refractivity contribution is 7.99. The van der Waals surface area contributed by atoms with E-state index in [0.29, 0.717) is 0 Å². The Morgan fingerprint density at radius 3 is 2.52 bits per heavy atom. The second kappa shape index (κ2) is 13.0. The average Bonchev–Trinajstić information content (AvgIpc) is 2.51. The summed E-state index contributed by atoms with van der Waals surface area (Å²) in [6, 6.07) is 0. The minimum atomic E-state index is 0.120. The van der Waals surface area contributed by atoms with E-state index in [2.05, 4.69) is 38.0 Å². The SMILES string of the molecule is C=CCSCCNC(=NCC(CC)(CC)CCO)NCC. The molecular formula is C16H33N3OS. The number of hydrogen-bond donors (Lipinski definition) is 3. The van der Waals surface area contributed by atoms with Gasteiger partial charge in [-0.25, -0.2) is 0 Å². The molecule has 0 aromatic carbocycles. The lowest BCUT2D eigenvalue weighted by Crippen LogP contribution is -2.39. The first kappa shape index (κ1) is 20.3. The minimum absolute atomic E-state index is 0.120. The highest BCUT2D eigenvalue weighted by atomic mass is 32.2. The third-order valence-electron chi connectivity index (χ3n) is 3.83. The lowest BCUT2D eigenvalue weighted by molar-refractivity contribution is 0.175. The zero-order chi connectivity index (χ0) is 16.0. The van der Waals surface area contributed by atoms with Crippen LogP contribution < -0.4 is 10.6 Å². The molecule has 21 heavy (non-hydrogen) atoms. The molecule has 0 aliphatic rings. The number of nitrogens with zero attached hydrogens (tertiary/aromatic N) is 1. The molecule has 0 unspecified atom stereocenters. The van der Waals surface area contributed by atoms with Crippen LogP contribution in [0, 0.1) is 5.41 Å². The number of aliphatic hydroxyl groups excluding tert-OH is 1. The molecule has 0 aromatic rings. The number of rotatable bonds is 12. The summed E-state index contributed by atoms with van der Waals surface area (Å²) in [5.74, 6) is 2.90. The molecule has 3 N–H and O–H groups in total. The van der Waals surface area contributed by atoms with E-state index in [1.54, 1.807) is 0 Å². The second-order valence-corrected chi connectivity index (χ2v) is 6.32. The van der Waals surface area contributed by atoms with Crippen LogP contribution in [-0.2, 0) is 0 Å². The van der Waals surface area contributed by atoms with Gasteiger partial charge in [0.05, 0.1) is 0 Å². The van der Waals surface area contributed by atoms with Gasteiger partial charge in [0.25, 0.3) is 0 Å². The van der Waals surface area contributed by atoms with E-state index in [9.17, 15) is 5.11 Å². The van der Waals surface area contributed by atoms with Gasteiger partial charge in [0.15, 0.2) is 5.96 Å². The summed E-state index contributed by atoms with van der Waals surface area (Å²) in [5, 5.41) is 15.9. The van der Waals surface area contributed by atoms with Crippen LogP contribution in [0.4, 0.5) is 0 Å². The van der Waals surface area contributed by atoms with Crippen molar-refractivity contribution in [1.82, 2.24) is 10.6 Å². The van der Waals surface area contributed by atoms with Crippen molar-refractivity contribution >= 4 is 17.7 Å². The molecule has 0 amide bonds. The van der Waals surface area contributed by atoms with E-state index in [-0.39, 0.29) is 12.0 Å². The average molecular weight is 316 g/mol. The Bertz CT molecular complexity index is 291. The van der Waals surface area contributed by atoms with Crippen LogP contribution >= 0.6 is 11.8 Å². The maximum atomic E-state index is 9.27. The van der Waals surface area contributed by atoms with E-state index < -0.39 is 0 Å². The van der Waals surface area contributed by atoms with Gasteiger partial charge in [-0.05, 0) is 31.6 Å². The molecule has 0 aromatic heterocycles. The van der Waals surface area contributed by atoms with Crippen molar-refractivity contribution in [2.45, 2.75) is 40.0 Å². The van der Waals surface area contributed by atoms with Crippen LogP contribution in [0.1, 0.15) is 40.0 Å². The van der Waals surface area contributed by atoms with Crippen molar-refractivity contribution in [3.8, 4) is 0 Å². The lowest BCUT2D eigenvalue weighted by Gasteiger charge is -2.29. The zero-order valence-corrected chi connectivity index (χ0v) is 14.8. The molecule has 0 radical (unpaired) electrons. The third-order valence-corrected chi connectivity index (χ3v) is 4.80. The summed E-state index contributed by atoms with van der Waals surface area (Å²) in [5.41, 5.74) is 0.120. The van der Waals surface area contributed by atoms with Crippen LogP contribution in [-0.4, -0.2) is 48.8 Å². The standard InChI is InChI=1S/C16H33N3OS/c1-5-12-21-13-10-18-15(17-8-4)19-14-16(6-2,7-3)9-11-20/h5,20H,1,6-14H2,2-4H3,(H2,17,18,19). The first-order valence-electron chi connectivity index (χ1n) is 7.99. The summed E-state index contributed by atoms with van der Waals surface area (Å²) in [6.07, 6.45) is 4.83. The predicted octanol–water partition coefficient (Wildman–Crippen LogP) is 2.65. The summed E-state index contributed by atoms with van der Waals surface area (Å²) < 4.78 is 0. The quantitative estimate of drug-likeness (QED) is 0.224. The van der Waals surface area contributed by atoms with Crippen LogP contribution in [0.25, 0.3) is 0 Å². The summed E-state index contributed by atoms with van der Waals surface area (Å²) >= 11 is 1.86. The molecule has 0 rings (SSSR count). The van der Waals surface area contributed by atoms with E-state index >= 15 is 0 Å². The van der Waals surface area contributed by atoms with Crippen LogP contribution in [0.15, 0.2) is 17.6 Å². The number of aliphatic imine (C=N–C) groups is 1. The fourth-order valence-electron chi connectivity index (χ4n) is 2.14. The second-order valence-electron chi connectivity index (χ2n) is 5.17. The minimum Gasteiger partial charge on any atom is -0.396 e. The summed E-state index contributed by atoms with van der Waals surface area (Å²) in [7, 11) is 0. The first-order valence-corrected chi connectivity index (χ1v) is 9.15. The fourth-order valence-corrected chi connectivity index (χ4v) is 2.72. The van der Waals surface area contributed by atoms with E-state index in [0.717, 1.165) is 56.4 Å². The van der Waals surface area contributed by atoms with Crippen molar-refractivity contribution in [1.29, 1.82) is 0 Å². The van der Waals surface area contributed by atoms with Gasteiger partial charge in [0.2, 0.25) is 0 Å². The van der Waals surface area contributed by atoms with Gasteiger partial charge in [-0.15, -0.1) is 6.58 Å². The molecule has 0 aliphatic carbocycles. The molecule has 0 bridgehead atoms. The Hall–Kier alpha value is -0.680. The highest BCUT2D eigenvalue weighted by Crippen LogP contribution is 2.30. The summed E-state index contributed by atoms with van der Waals surface area (Å²) in [4.78, 5) is 4.72. The normalized spacial score (nSPS) is 12.3. The number of nitrogens with one attached hydrogen (secondary N) is 2. The third kappa shape index (κ3) is 9.04. The van der Waals surface area contributed by atoms with Gasteiger partial charge < -0.3 is 15.7 Å². The first-order chi connectivity index (χ1) is 10.2. The molecule has 4 nitrogen and oxygen atoms in total. The predicted molar refractivity (Wildman–Crippen MR) is 96.2 cm³/mol. The van der Waals surface area contributed by atoms with Crippen molar-refractivity contribution in [3.63, 3.8) is 0 Å². The monoisotopic (exact) mass is 315 g/mol. The molecule has 124 valence electrons. The Morgan fingerprint density at radius 1 is 1.29 bits per heavy atom. The van der Waals surface area contributed by atoms with Crippen LogP contribution in [0.3, 0.4) is 0 Å². The highest BCUT2D eigenvalue weighted by Gasteiger charge is 2.25. The molecule has 0 saturated carbocycles. The van der Waals surface area contributed by atoms with Gasteiger partial charge in [-0.3, -0.25) is 4.99 Å². The van der Waals surface area contributed by atoms with E-state index in [1.807, 2.05) is 17.8 Å². The molecule has 0 heterocycles. The van der Waals surface area contributed by atoms with Crippen molar-refractivity contribution in [2.75, 3.05) is 37.7 Å². The van der Waals surface area contributed by atoms with Crippen molar-refractivity contribution in [3.05, 3.63) is 12.7 Å². The Balaban J connectivity index is 4.43. The van der Waals surface area contributed by atoms with E-state index in [1.165, 1.54) is 0 Å². The molecule has 5 heteroatoms. The van der Waals surface area contributed by atoms with Crippen LogP contribution in [0.2, 0.25) is 0 Å². The van der Waals surface area contributed by atoms with Crippen LogP contribution in [0.5, 0.6) is 0 Å². The van der Waals surface area contributed by atoms with Crippen molar-refractivity contribution < 1.29 is 5.11 Å². The van der Waals surface area contributed by atoms with Gasteiger partial charge in [0.1, 0.15) is 0 Å². The van der Waals surface area contributed by atoms with E-state index in [4.69, 9.17) is 4.99 Å². The Kier molecular flexibility index (Phi) is 12.6. The van der Waals surface area contributed by atoms with Gasteiger partial charge in [-0.2, -0.15) is 11.8 Å². The molecule has 0 atom stereocenters. The number of guanidine groups is 1.